The highest BCUT2D eigenvalue weighted by Gasteiger charge is 2.29. The van der Waals surface area contributed by atoms with Crippen molar-refractivity contribution in [2.45, 2.75) is 25.8 Å². The Morgan fingerprint density at radius 2 is 2.06 bits per heavy atom. The maximum Gasteiger partial charge on any atom is 0.331 e. The number of carboxylic acids is 1. The molecular formula is C13H17NO3. The quantitative estimate of drug-likeness (QED) is 0.797. The lowest BCUT2D eigenvalue weighted by Gasteiger charge is -2.17. The largest absolute Gasteiger partial charge is 0.497 e. The molecule has 0 fully saturated rings. The Morgan fingerprint density at radius 3 is 2.47 bits per heavy atom. The number of rotatable bonds is 5. The third kappa shape index (κ3) is 3.31. The number of methoxy groups -OCH3 is 1. The van der Waals surface area contributed by atoms with Crippen molar-refractivity contribution in [2.24, 2.45) is 4.99 Å². The minimum Gasteiger partial charge on any atom is -0.497 e. The minimum absolute atomic E-state index is 0.453. The van der Waals surface area contributed by atoms with Crippen LogP contribution in [0.2, 0.25) is 0 Å². The lowest BCUT2D eigenvalue weighted by molar-refractivity contribution is -0.142. The molecule has 0 unspecified atom stereocenters. The molecule has 0 radical (unpaired) electrons. The van der Waals surface area contributed by atoms with Gasteiger partial charge in [-0.3, -0.25) is 4.99 Å². The first-order valence-corrected chi connectivity index (χ1v) is 5.44. The summed E-state index contributed by atoms with van der Waals surface area (Å²) >= 11 is 0. The summed E-state index contributed by atoms with van der Waals surface area (Å²) < 4.78 is 5.04. The molecule has 0 aliphatic carbocycles. The van der Waals surface area contributed by atoms with Crippen LogP contribution in [-0.4, -0.2) is 29.9 Å². The van der Waals surface area contributed by atoms with Gasteiger partial charge in [0.15, 0.2) is 5.54 Å². The molecule has 0 aliphatic rings. The van der Waals surface area contributed by atoms with Crippen molar-refractivity contribution in [3.63, 3.8) is 0 Å². The first-order chi connectivity index (χ1) is 8.01. The molecule has 0 aliphatic heterocycles. The molecule has 4 heteroatoms. The number of hydrogen-bond donors (Lipinski definition) is 1. The smallest absolute Gasteiger partial charge is 0.331 e. The van der Waals surface area contributed by atoms with Crippen molar-refractivity contribution in [1.29, 1.82) is 0 Å². The number of carbonyl (C=O) groups is 1. The molecular weight excluding hydrogens is 218 g/mol. The van der Waals surface area contributed by atoms with Gasteiger partial charge in [-0.25, -0.2) is 4.79 Å². The zero-order chi connectivity index (χ0) is 12.9. The molecule has 1 atom stereocenters. The summed E-state index contributed by atoms with van der Waals surface area (Å²) in [6, 6.07) is 7.29. The second kappa shape index (κ2) is 5.48. The number of ether oxygens (including phenoxy) is 1. The average Bonchev–Trinajstić information content (AvgIpc) is 2.36. The average molecular weight is 235 g/mol. The first kappa shape index (κ1) is 13.2. The first-order valence-electron chi connectivity index (χ1n) is 5.44. The van der Waals surface area contributed by atoms with Crippen LogP contribution in [0.1, 0.15) is 25.8 Å². The molecule has 92 valence electrons. The molecule has 17 heavy (non-hydrogen) atoms. The number of nitrogens with zero attached hydrogens (tertiary/aromatic N) is 1. The van der Waals surface area contributed by atoms with Gasteiger partial charge in [0, 0.05) is 6.21 Å². The van der Waals surface area contributed by atoms with Gasteiger partial charge < -0.3 is 9.84 Å². The molecule has 1 aromatic carbocycles. The van der Waals surface area contributed by atoms with Crippen molar-refractivity contribution >= 4 is 12.2 Å². The van der Waals surface area contributed by atoms with Gasteiger partial charge >= 0.3 is 5.97 Å². The van der Waals surface area contributed by atoms with E-state index < -0.39 is 11.5 Å². The van der Waals surface area contributed by atoms with Crippen molar-refractivity contribution in [2.75, 3.05) is 7.11 Å². The number of aliphatic imine (C=N–C) groups is 1. The lowest BCUT2D eigenvalue weighted by Crippen LogP contribution is -2.32. The molecule has 0 saturated heterocycles. The predicted octanol–water partition coefficient (Wildman–Crippen LogP) is 2.37. The number of hydrogen-bond acceptors (Lipinski definition) is 3. The fourth-order valence-corrected chi connectivity index (χ4v) is 1.20. The van der Waals surface area contributed by atoms with Crippen molar-refractivity contribution < 1.29 is 14.6 Å². The standard InChI is InChI=1S/C13H17NO3/c1-4-13(2,12(15)16)14-9-10-5-7-11(17-3)8-6-10/h5-9H,4H2,1-3H3,(H,15,16)/t13-/m1/s1. The minimum atomic E-state index is -1.06. The van der Waals surface area contributed by atoms with Crippen LogP contribution in [-0.2, 0) is 4.79 Å². The zero-order valence-corrected chi connectivity index (χ0v) is 10.3. The fraction of sp³-hybridized carbons (Fsp3) is 0.385. The Kier molecular flexibility index (Phi) is 4.26. The van der Waals surface area contributed by atoms with Gasteiger partial charge in [-0.15, -0.1) is 0 Å². The van der Waals surface area contributed by atoms with E-state index >= 15 is 0 Å². The van der Waals surface area contributed by atoms with E-state index in [1.165, 1.54) is 0 Å². The summed E-state index contributed by atoms with van der Waals surface area (Å²) in [6.45, 7) is 3.41. The maximum absolute atomic E-state index is 11.0. The van der Waals surface area contributed by atoms with Gasteiger partial charge in [-0.2, -0.15) is 0 Å². The van der Waals surface area contributed by atoms with E-state index in [2.05, 4.69) is 4.99 Å². The van der Waals surface area contributed by atoms with Gasteiger partial charge in [0.05, 0.1) is 7.11 Å². The summed E-state index contributed by atoms with van der Waals surface area (Å²) in [5, 5.41) is 9.06. The van der Waals surface area contributed by atoms with E-state index in [4.69, 9.17) is 9.84 Å². The summed E-state index contributed by atoms with van der Waals surface area (Å²) in [5.74, 6) is -0.150. The topological polar surface area (TPSA) is 58.9 Å². The summed E-state index contributed by atoms with van der Waals surface area (Å²) in [5.41, 5.74) is -0.202. The molecule has 1 N–H and O–H groups in total. The van der Waals surface area contributed by atoms with Gasteiger partial charge in [0.2, 0.25) is 0 Å². The zero-order valence-electron chi connectivity index (χ0n) is 10.3. The van der Waals surface area contributed by atoms with Crippen LogP contribution in [0, 0.1) is 0 Å². The highest BCUT2D eigenvalue weighted by molar-refractivity contribution is 5.85. The Bertz CT molecular complexity index is 411. The van der Waals surface area contributed by atoms with E-state index in [1.54, 1.807) is 27.2 Å². The molecule has 0 spiro atoms. The molecule has 1 rings (SSSR count). The Hall–Kier alpha value is -1.84. The third-order valence-corrected chi connectivity index (χ3v) is 2.76. The van der Waals surface area contributed by atoms with E-state index in [9.17, 15) is 4.79 Å². The Balaban J connectivity index is 2.85. The Morgan fingerprint density at radius 1 is 1.47 bits per heavy atom. The molecule has 0 aromatic heterocycles. The van der Waals surface area contributed by atoms with Crippen molar-refractivity contribution in [3.8, 4) is 5.75 Å². The predicted molar refractivity (Wildman–Crippen MR) is 66.9 cm³/mol. The molecule has 1 aromatic rings. The lowest BCUT2D eigenvalue weighted by atomic mass is 10.0. The highest BCUT2D eigenvalue weighted by Crippen LogP contribution is 2.16. The second-order valence-corrected chi connectivity index (χ2v) is 3.96. The number of benzene rings is 1. The Labute approximate surface area is 101 Å². The van der Waals surface area contributed by atoms with Crippen LogP contribution >= 0.6 is 0 Å². The molecule has 0 amide bonds. The molecule has 0 saturated carbocycles. The van der Waals surface area contributed by atoms with Crippen molar-refractivity contribution in [3.05, 3.63) is 29.8 Å². The van der Waals surface area contributed by atoms with Crippen LogP contribution in [0.15, 0.2) is 29.3 Å². The summed E-state index contributed by atoms with van der Waals surface area (Å²) in [6.07, 6.45) is 2.03. The highest BCUT2D eigenvalue weighted by atomic mass is 16.5. The van der Waals surface area contributed by atoms with E-state index in [0.29, 0.717) is 6.42 Å². The second-order valence-electron chi connectivity index (χ2n) is 3.96. The van der Waals surface area contributed by atoms with Crippen LogP contribution in [0.5, 0.6) is 5.75 Å². The third-order valence-electron chi connectivity index (χ3n) is 2.76. The van der Waals surface area contributed by atoms with Gasteiger partial charge in [0.25, 0.3) is 0 Å². The summed E-state index contributed by atoms with van der Waals surface area (Å²) in [7, 11) is 1.60. The molecule has 4 nitrogen and oxygen atoms in total. The van der Waals surface area contributed by atoms with Crippen LogP contribution in [0.3, 0.4) is 0 Å². The van der Waals surface area contributed by atoms with Gasteiger partial charge in [-0.05, 0) is 43.2 Å². The van der Waals surface area contributed by atoms with Gasteiger partial charge in [0.1, 0.15) is 5.75 Å². The number of aliphatic carboxylic acids is 1. The van der Waals surface area contributed by atoms with Crippen LogP contribution in [0.4, 0.5) is 0 Å². The van der Waals surface area contributed by atoms with Crippen molar-refractivity contribution in [1.82, 2.24) is 0 Å². The molecule has 0 bridgehead atoms. The normalized spacial score (nSPS) is 14.5. The fourth-order valence-electron chi connectivity index (χ4n) is 1.20. The van der Waals surface area contributed by atoms with Crippen LogP contribution in [0.25, 0.3) is 0 Å². The van der Waals surface area contributed by atoms with Gasteiger partial charge in [-0.1, -0.05) is 6.92 Å². The summed E-state index contributed by atoms with van der Waals surface area (Å²) in [4.78, 5) is 15.2. The van der Waals surface area contributed by atoms with E-state index in [-0.39, 0.29) is 0 Å². The number of carboxylic acid groups (broad SMARTS) is 1. The monoisotopic (exact) mass is 235 g/mol. The van der Waals surface area contributed by atoms with E-state index in [1.807, 2.05) is 24.3 Å². The molecule has 0 heterocycles. The maximum atomic E-state index is 11.0. The van der Waals surface area contributed by atoms with E-state index in [0.717, 1.165) is 11.3 Å². The van der Waals surface area contributed by atoms with Crippen LogP contribution < -0.4 is 4.74 Å². The SMILES string of the molecule is CC[C@@](C)(N=Cc1ccc(OC)cc1)C(=O)O.